The van der Waals surface area contributed by atoms with Crippen LogP contribution in [0.3, 0.4) is 0 Å². The molecule has 0 aliphatic carbocycles. The maximum Gasteiger partial charge on any atom is 0.230 e. The Balaban J connectivity index is 1.45. The molecular weight excluding hydrogens is 294 g/mol. The van der Waals surface area contributed by atoms with Gasteiger partial charge in [0, 0.05) is 26.2 Å². The van der Waals surface area contributed by atoms with E-state index in [0.717, 1.165) is 42.8 Å². The Morgan fingerprint density at radius 3 is 2.78 bits per heavy atom. The first-order chi connectivity index (χ1) is 11.3. The Morgan fingerprint density at radius 2 is 1.91 bits per heavy atom. The second-order valence-electron chi connectivity index (χ2n) is 5.87. The topological polar surface area (TPSA) is 80.2 Å². The normalized spacial score (nSPS) is 16.2. The first-order valence-electron chi connectivity index (χ1n) is 7.87. The lowest BCUT2D eigenvalue weighted by Gasteiger charge is -2.25. The van der Waals surface area contributed by atoms with Crippen molar-refractivity contribution in [1.29, 1.82) is 0 Å². The molecule has 3 heterocycles. The Morgan fingerprint density at radius 1 is 1.09 bits per heavy atom. The van der Waals surface area contributed by atoms with Crippen LogP contribution in [0.2, 0.25) is 0 Å². The van der Waals surface area contributed by atoms with Crippen molar-refractivity contribution in [2.45, 2.75) is 19.9 Å². The fourth-order valence-corrected chi connectivity index (χ4v) is 2.77. The van der Waals surface area contributed by atoms with Crippen molar-refractivity contribution >= 4 is 11.1 Å². The molecule has 2 aromatic heterocycles. The van der Waals surface area contributed by atoms with Gasteiger partial charge in [-0.2, -0.15) is 0 Å². The summed E-state index contributed by atoms with van der Waals surface area (Å²) in [5, 5.41) is 11.6. The molecule has 23 heavy (non-hydrogen) atoms. The molecule has 1 N–H and O–H groups in total. The Bertz CT molecular complexity index is 804. The predicted molar refractivity (Wildman–Crippen MR) is 84.0 cm³/mol. The van der Waals surface area contributed by atoms with Crippen LogP contribution in [0.4, 0.5) is 0 Å². The summed E-state index contributed by atoms with van der Waals surface area (Å²) >= 11 is 0. The molecule has 0 saturated carbocycles. The van der Waals surface area contributed by atoms with Gasteiger partial charge in [0.1, 0.15) is 11.9 Å². The monoisotopic (exact) mass is 313 g/mol. The Kier molecular flexibility index (Phi) is 3.80. The van der Waals surface area contributed by atoms with E-state index in [2.05, 4.69) is 25.4 Å². The second kappa shape index (κ2) is 6.10. The van der Waals surface area contributed by atoms with Gasteiger partial charge in [0.2, 0.25) is 17.7 Å². The van der Waals surface area contributed by atoms with Crippen molar-refractivity contribution in [3.05, 3.63) is 41.4 Å². The minimum atomic E-state index is 0.419. The molecule has 7 heteroatoms. The van der Waals surface area contributed by atoms with E-state index in [-0.39, 0.29) is 0 Å². The number of fused-ring (bicyclic) bond motifs is 1. The molecule has 0 spiro atoms. The number of aromatic nitrogens is 3. The predicted octanol–water partition coefficient (Wildman–Crippen LogP) is 1.52. The minimum Gasteiger partial charge on any atom is -0.440 e. The zero-order chi connectivity index (χ0) is 15.6. The SMILES string of the molecule is Cc1ccc2oc(Cc3nnc(CN4CCNCC4)o3)nc2c1. The summed E-state index contributed by atoms with van der Waals surface area (Å²) < 4.78 is 11.5. The summed E-state index contributed by atoms with van der Waals surface area (Å²) in [6.07, 6.45) is 0.419. The summed E-state index contributed by atoms with van der Waals surface area (Å²) in [7, 11) is 0. The number of hydrogen-bond donors (Lipinski definition) is 1. The Hall–Kier alpha value is -2.25. The van der Waals surface area contributed by atoms with Crippen LogP contribution in [0.15, 0.2) is 27.0 Å². The van der Waals surface area contributed by atoms with Crippen molar-refractivity contribution in [2.24, 2.45) is 0 Å². The fraction of sp³-hybridized carbons (Fsp3) is 0.438. The van der Waals surface area contributed by atoms with Crippen LogP contribution < -0.4 is 5.32 Å². The van der Waals surface area contributed by atoms with E-state index >= 15 is 0 Å². The molecule has 3 aromatic rings. The fourth-order valence-electron chi connectivity index (χ4n) is 2.77. The average Bonchev–Trinajstić information content (AvgIpc) is 3.14. The number of oxazole rings is 1. The summed E-state index contributed by atoms with van der Waals surface area (Å²) in [4.78, 5) is 6.78. The number of benzene rings is 1. The summed E-state index contributed by atoms with van der Waals surface area (Å²) in [6.45, 7) is 6.74. The van der Waals surface area contributed by atoms with Gasteiger partial charge >= 0.3 is 0 Å². The standard InChI is InChI=1S/C16H19N5O2/c1-11-2-3-13-12(8-11)18-14(22-13)9-15-19-20-16(23-15)10-21-6-4-17-5-7-21/h2-3,8,17H,4-7,9-10H2,1H3. The lowest BCUT2D eigenvalue weighted by molar-refractivity contribution is 0.210. The van der Waals surface area contributed by atoms with Crippen LogP contribution in [0.1, 0.15) is 23.2 Å². The quantitative estimate of drug-likeness (QED) is 0.782. The van der Waals surface area contributed by atoms with E-state index in [4.69, 9.17) is 8.83 Å². The van der Waals surface area contributed by atoms with E-state index in [1.807, 2.05) is 25.1 Å². The third-order valence-corrected chi connectivity index (χ3v) is 3.97. The highest BCUT2D eigenvalue weighted by molar-refractivity contribution is 5.73. The number of piperazine rings is 1. The van der Waals surface area contributed by atoms with Crippen molar-refractivity contribution in [3.8, 4) is 0 Å². The van der Waals surface area contributed by atoms with Gasteiger partial charge in [-0.15, -0.1) is 10.2 Å². The molecule has 1 saturated heterocycles. The number of rotatable bonds is 4. The molecule has 1 fully saturated rings. The van der Waals surface area contributed by atoms with E-state index in [9.17, 15) is 0 Å². The van der Waals surface area contributed by atoms with Crippen LogP contribution in [0.5, 0.6) is 0 Å². The van der Waals surface area contributed by atoms with E-state index in [1.165, 1.54) is 0 Å². The summed E-state index contributed by atoms with van der Waals surface area (Å²) in [5.74, 6) is 1.79. The van der Waals surface area contributed by atoms with Crippen LogP contribution in [0.25, 0.3) is 11.1 Å². The third-order valence-electron chi connectivity index (χ3n) is 3.97. The molecule has 120 valence electrons. The minimum absolute atomic E-state index is 0.419. The van der Waals surface area contributed by atoms with E-state index < -0.39 is 0 Å². The van der Waals surface area contributed by atoms with Gasteiger partial charge in [0.25, 0.3) is 0 Å². The lowest BCUT2D eigenvalue weighted by atomic mass is 10.2. The van der Waals surface area contributed by atoms with Crippen LogP contribution in [0, 0.1) is 6.92 Å². The third kappa shape index (κ3) is 3.25. The highest BCUT2D eigenvalue weighted by Crippen LogP contribution is 2.19. The van der Waals surface area contributed by atoms with Gasteiger partial charge in [-0.3, -0.25) is 4.90 Å². The number of hydrogen-bond acceptors (Lipinski definition) is 7. The Labute approximate surface area is 133 Å². The maximum absolute atomic E-state index is 5.73. The summed E-state index contributed by atoms with van der Waals surface area (Å²) in [6, 6.07) is 5.95. The molecule has 1 aromatic carbocycles. The highest BCUT2D eigenvalue weighted by Gasteiger charge is 2.16. The van der Waals surface area contributed by atoms with Gasteiger partial charge in [-0.05, 0) is 24.6 Å². The maximum atomic E-state index is 5.73. The summed E-state index contributed by atoms with van der Waals surface area (Å²) in [5.41, 5.74) is 2.81. The van der Waals surface area contributed by atoms with Crippen LogP contribution in [-0.2, 0) is 13.0 Å². The zero-order valence-corrected chi connectivity index (χ0v) is 13.1. The molecule has 1 aliphatic rings. The van der Waals surface area contributed by atoms with Gasteiger partial charge in [-0.25, -0.2) is 4.98 Å². The first-order valence-corrected chi connectivity index (χ1v) is 7.87. The molecule has 4 rings (SSSR count). The molecule has 0 bridgehead atoms. The molecule has 7 nitrogen and oxygen atoms in total. The van der Waals surface area contributed by atoms with Crippen molar-refractivity contribution in [2.75, 3.05) is 26.2 Å². The second-order valence-corrected chi connectivity index (χ2v) is 5.87. The van der Waals surface area contributed by atoms with Gasteiger partial charge in [-0.1, -0.05) is 6.07 Å². The van der Waals surface area contributed by atoms with Crippen molar-refractivity contribution < 1.29 is 8.83 Å². The van der Waals surface area contributed by atoms with Crippen molar-refractivity contribution in [3.63, 3.8) is 0 Å². The lowest BCUT2D eigenvalue weighted by Crippen LogP contribution is -2.42. The van der Waals surface area contributed by atoms with E-state index in [0.29, 0.717) is 30.6 Å². The van der Waals surface area contributed by atoms with Gasteiger partial charge in [0.05, 0.1) is 6.54 Å². The van der Waals surface area contributed by atoms with E-state index in [1.54, 1.807) is 0 Å². The average molecular weight is 313 g/mol. The van der Waals surface area contributed by atoms with Gasteiger partial charge < -0.3 is 14.2 Å². The van der Waals surface area contributed by atoms with Crippen LogP contribution in [-0.4, -0.2) is 46.3 Å². The first kappa shape index (κ1) is 14.3. The molecule has 0 amide bonds. The molecule has 0 unspecified atom stereocenters. The highest BCUT2D eigenvalue weighted by atomic mass is 16.4. The van der Waals surface area contributed by atoms with Crippen molar-refractivity contribution in [1.82, 2.24) is 25.4 Å². The number of aryl methyl sites for hydroxylation is 1. The molecule has 1 aliphatic heterocycles. The number of nitrogens with zero attached hydrogens (tertiary/aromatic N) is 4. The molecular formula is C16H19N5O2. The van der Waals surface area contributed by atoms with Crippen LogP contribution >= 0.6 is 0 Å². The largest absolute Gasteiger partial charge is 0.440 e. The van der Waals surface area contributed by atoms with Gasteiger partial charge in [0.15, 0.2) is 5.58 Å². The smallest absolute Gasteiger partial charge is 0.230 e. The molecule has 0 atom stereocenters. The zero-order valence-electron chi connectivity index (χ0n) is 13.1. The molecule has 0 radical (unpaired) electrons. The number of nitrogens with one attached hydrogen (secondary N) is 1.